The van der Waals surface area contributed by atoms with Gasteiger partial charge in [-0.15, -0.1) is 11.3 Å². The van der Waals surface area contributed by atoms with E-state index in [2.05, 4.69) is 45.9 Å². The van der Waals surface area contributed by atoms with Gasteiger partial charge in [-0.05, 0) is 50.8 Å². The molecule has 3 rings (SSSR count). The smallest absolute Gasteiger partial charge is 0.262 e. The molecule has 0 bridgehead atoms. The van der Waals surface area contributed by atoms with Gasteiger partial charge in [-0.1, -0.05) is 25.1 Å². The number of carbonyl (C=O) groups is 1. The fourth-order valence-corrected chi connectivity index (χ4v) is 4.45. The number of benzene rings is 1. The molecule has 142 valence electrons. The van der Waals surface area contributed by atoms with Crippen molar-refractivity contribution in [2.24, 2.45) is 0 Å². The van der Waals surface area contributed by atoms with Crippen molar-refractivity contribution in [3.63, 3.8) is 0 Å². The van der Waals surface area contributed by atoms with Crippen LogP contribution in [0.5, 0.6) is 0 Å². The van der Waals surface area contributed by atoms with E-state index in [0.717, 1.165) is 39.5 Å². The van der Waals surface area contributed by atoms with Crippen LogP contribution in [0.3, 0.4) is 0 Å². The Balaban J connectivity index is 2.28. The number of rotatable bonds is 6. The van der Waals surface area contributed by atoms with Crippen molar-refractivity contribution in [3.05, 3.63) is 50.4 Å². The van der Waals surface area contributed by atoms with Gasteiger partial charge in [0.2, 0.25) is 0 Å². The van der Waals surface area contributed by atoms with Gasteiger partial charge < -0.3 is 0 Å². The SMILES string of the molecule is CCCc1nc2sc(C)c(-c3ccc(C)c(C)c3)c2c(=O)n1CCC(C)=O. The fourth-order valence-electron chi connectivity index (χ4n) is 3.40. The van der Waals surface area contributed by atoms with Crippen LogP contribution in [0.2, 0.25) is 0 Å². The van der Waals surface area contributed by atoms with E-state index in [4.69, 9.17) is 4.98 Å². The maximum absolute atomic E-state index is 13.4. The summed E-state index contributed by atoms with van der Waals surface area (Å²) in [4.78, 5) is 31.6. The van der Waals surface area contributed by atoms with Crippen LogP contribution in [0, 0.1) is 20.8 Å². The maximum Gasteiger partial charge on any atom is 0.262 e. The lowest BCUT2D eigenvalue weighted by Gasteiger charge is -2.12. The summed E-state index contributed by atoms with van der Waals surface area (Å²) in [5, 5.41) is 0.684. The number of hydrogen-bond acceptors (Lipinski definition) is 4. The molecule has 5 heteroatoms. The molecule has 0 fully saturated rings. The van der Waals surface area contributed by atoms with E-state index in [0.29, 0.717) is 18.4 Å². The molecule has 0 atom stereocenters. The predicted octanol–water partition coefficient (Wildman–Crippen LogP) is 4.98. The van der Waals surface area contributed by atoms with Gasteiger partial charge in [-0.3, -0.25) is 14.2 Å². The molecular formula is C22H26N2O2S. The highest BCUT2D eigenvalue weighted by molar-refractivity contribution is 7.19. The van der Waals surface area contributed by atoms with Crippen LogP contribution in [-0.4, -0.2) is 15.3 Å². The summed E-state index contributed by atoms with van der Waals surface area (Å²) in [6.07, 6.45) is 2.00. The average Bonchev–Trinajstić information content (AvgIpc) is 2.93. The third-order valence-electron chi connectivity index (χ3n) is 5.02. The Morgan fingerprint density at radius 3 is 2.56 bits per heavy atom. The number of thiophene rings is 1. The van der Waals surface area contributed by atoms with Gasteiger partial charge in [0.25, 0.3) is 5.56 Å². The largest absolute Gasteiger partial charge is 0.300 e. The van der Waals surface area contributed by atoms with E-state index in [-0.39, 0.29) is 11.3 Å². The van der Waals surface area contributed by atoms with E-state index in [1.54, 1.807) is 22.8 Å². The van der Waals surface area contributed by atoms with E-state index < -0.39 is 0 Å². The maximum atomic E-state index is 13.4. The van der Waals surface area contributed by atoms with Crippen molar-refractivity contribution in [3.8, 4) is 11.1 Å². The molecule has 1 aromatic carbocycles. The molecule has 2 aromatic heterocycles. The first-order chi connectivity index (χ1) is 12.8. The lowest BCUT2D eigenvalue weighted by molar-refractivity contribution is -0.117. The number of fused-ring (bicyclic) bond motifs is 1. The lowest BCUT2D eigenvalue weighted by atomic mass is 9.99. The first-order valence-corrected chi connectivity index (χ1v) is 10.2. The second-order valence-electron chi connectivity index (χ2n) is 7.20. The molecule has 27 heavy (non-hydrogen) atoms. The number of aryl methyl sites for hydroxylation is 4. The van der Waals surface area contributed by atoms with Gasteiger partial charge in [-0.25, -0.2) is 4.98 Å². The topological polar surface area (TPSA) is 52.0 Å². The molecule has 0 aliphatic heterocycles. The number of hydrogen-bond donors (Lipinski definition) is 0. The first-order valence-electron chi connectivity index (χ1n) is 9.43. The minimum absolute atomic E-state index is 0.0257. The summed E-state index contributed by atoms with van der Waals surface area (Å²) in [6.45, 7) is 10.3. The normalized spacial score (nSPS) is 11.3. The van der Waals surface area contributed by atoms with Crippen molar-refractivity contribution in [2.75, 3.05) is 0 Å². The summed E-state index contributed by atoms with van der Waals surface area (Å²) >= 11 is 1.58. The van der Waals surface area contributed by atoms with Crippen LogP contribution in [0.25, 0.3) is 21.3 Å². The second kappa shape index (κ2) is 7.77. The Bertz CT molecular complexity index is 1080. The van der Waals surface area contributed by atoms with Crippen molar-refractivity contribution < 1.29 is 4.79 Å². The highest BCUT2D eigenvalue weighted by Gasteiger charge is 2.20. The van der Waals surface area contributed by atoms with Crippen LogP contribution in [0.1, 0.15) is 48.5 Å². The highest BCUT2D eigenvalue weighted by atomic mass is 32.1. The standard InChI is InChI=1S/C22H26N2O2S/c1-6-7-18-23-21-20(22(26)24(18)11-10-15(4)25)19(16(5)27-21)17-9-8-13(2)14(3)12-17/h8-9,12H,6-7,10-11H2,1-5H3. The molecule has 2 heterocycles. The van der Waals surface area contributed by atoms with Gasteiger partial charge >= 0.3 is 0 Å². The number of ketones is 1. The van der Waals surface area contributed by atoms with E-state index in [9.17, 15) is 9.59 Å². The van der Waals surface area contributed by atoms with Gasteiger partial charge in [0.05, 0.1) is 5.39 Å². The Kier molecular flexibility index (Phi) is 5.61. The molecule has 3 aromatic rings. The first kappa shape index (κ1) is 19.5. The van der Waals surface area contributed by atoms with Crippen molar-refractivity contribution >= 4 is 27.3 Å². The molecule has 0 saturated heterocycles. The van der Waals surface area contributed by atoms with Gasteiger partial charge in [0, 0.05) is 29.8 Å². The van der Waals surface area contributed by atoms with Crippen molar-refractivity contribution in [1.82, 2.24) is 9.55 Å². The summed E-state index contributed by atoms with van der Waals surface area (Å²) < 4.78 is 1.71. The van der Waals surface area contributed by atoms with Crippen LogP contribution >= 0.6 is 11.3 Å². The monoisotopic (exact) mass is 382 g/mol. The van der Waals surface area contributed by atoms with Crippen LogP contribution in [0.15, 0.2) is 23.0 Å². The van der Waals surface area contributed by atoms with Crippen LogP contribution in [-0.2, 0) is 17.8 Å². The molecule has 0 unspecified atom stereocenters. The molecule has 0 radical (unpaired) electrons. The molecule has 0 N–H and O–H groups in total. The van der Waals surface area contributed by atoms with Crippen LogP contribution < -0.4 is 5.56 Å². The van der Waals surface area contributed by atoms with E-state index in [1.807, 2.05) is 0 Å². The number of aromatic nitrogens is 2. The Morgan fingerprint density at radius 2 is 1.93 bits per heavy atom. The summed E-state index contributed by atoms with van der Waals surface area (Å²) in [5.74, 6) is 0.865. The summed E-state index contributed by atoms with van der Waals surface area (Å²) in [5.41, 5.74) is 4.46. The highest BCUT2D eigenvalue weighted by Crippen LogP contribution is 2.36. The fraction of sp³-hybridized carbons (Fsp3) is 0.409. The van der Waals surface area contributed by atoms with E-state index >= 15 is 0 Å². The van der Waals surface area contributed by atoms with Gasteiger partial charge in [-0.2, -0.15) is 0 Å². The number of carbonyl (C=O) groups excluding carboxylic acids is 1. The zero-order valence-electron chi connectivity index (χ0n) is 16.7. The molecule has 0 saturated carbocycles. The molecule has 0 spiro atoms. The van der Waals surface area contributed by atoms with Crippen molar-refractivity contribution in [2.45, 2.75) is 60.4 Å². The quantitative estimate of drug-likeness (QED) is 0.604. The second-order valence-corrected chi connectivity index (χ2v) is 8.40. The number of Topliss-reactive ketones (excluding diaryl/α,β-unsaturated/α-hetero) is 1. The molecule has 0 amide bonds. The average molecular weight is 383 g/mol. The summed E-state index contributed by atoms with van der Waals surface area (Å²) in [6, 6.07) is 6.32. The zero-order chi connectivity index (χ0) is 19.7. The Hall–Kier alpha value is -2.27. The minimum atomic E-state index is -0.0257. The lowest BCUT2D eigenvalue weighted by Crippen LogP contribution is -2.26. The van der Waals surface area contributed by atoms with Crippen LogP contribution in [0.4, 0.5) is 0 Å². The van der Waals surface area contributed by atoms with Crippen molar-refractivity contribution in [1.29, 1.82) is 0 Å². The predicted molar refractivity (Wildman–Crippen MR) is 113 cm³/mol. The Morgan fingerprint density at radius 1 is 1.19 bits per heavy atom. The molecule has 4 nitrogen and oxygen atoms in total. The third kappa shape index (κ3) is 3.74. The minimum Gasteiger partial charge on any atom is -0.300 e. The van der Waals surface area contributed by atoms with Gasteiger partial charge in [0.15, 0.2) is 0 Å². The molecular weight excluding hydrogens is 356 g/mol. The van der Waals surface area contributed by atoms with Gasteiger partial charge in [0.1, 0.15) is 16.4 Å². The van der Waals surface area contributed by atoms with E-state index in [1.165, 1.54) is 11.1 Å². The third-order valence-corrected chi connectivity index (χ3v) is 6.02. The molecule has 0 aliphatic rings. The number of nitrogens with zero attached hydrogens (tertiary/aromatic N) is 2. The molecule has 0 aliphatic carbocycles. The Labute approximate surface area is 163 Å². The zero-order valence-corrected chi connectivity index (χ0v) is 17.5. The summed E-state index contributed by atoms with van der Waals surface area (Å²) in [7, 11) is 0.